The third-order valence-electron chi connectivity index (χ3n) is 3.60. The van der Waals surface area contributed by atoms with Gasteiger partial charge >= 0.3 is 0 Å². The van der Waals surface area contributed by atoms with Gasteiger partial charge in [-0.25, -0.2) is 4.99 Å². The third-order valence-corrected chi connectivity index (χ3v) is 4.80. The number of aromatic hydroxyl groups is 2. The monoisotopic (exact) mass is 298 g/mol. The van der Waals surface area contributed by atoms with Crippen molar-refractivity contribution in [3.05, 3.63) is 39.8 Å². The predicted octanol–water partition coefficient (Wildman–Crippen LogP) is 3.66. The SMILES string of the molecule is N#Cc1c(/N=C\c2ccc(O)cc2O)sc2c1CCCC2. The van der Waals surface area contributed by atoms with Crippen LogP contribution in [0.2, 0.25) is 0 Å². The molecule has 0 saturated heterocycles. The summed E-state index contributed by atoms with van der Waals surface area (Å²) in [6.07, 6.45) is 5.80. The van der Waals surface area contributed by atoms with Crippen LogP contribution >= 0.6 is 11.3 Å². The van der Waals surface area contributed by atoms with Gasteiger partial charge in [0.25, 0.3) is 0 Å². The van der Waals surface area contributed by atoms with Crippen LogP contribution in [0.3, 0.4) is 0 Å². The number of phenols is 2. The lowest BCUT2D eigenvalue weighted by Crippen LogP contribution is -1.99. The molecule has 1 aliphatic rings. The molecule has 2 aromatic rings. The molecule has 0 unspecified atom stereocenters. The Morgan fingerprint density at radius 2 is 2.05 bits per heavy atom. The van der Waals surface area contributed by atoms with E-state index in [1.165, 1.54) is 29.6 Å². The Morgan fingerprint density at radius 1 is 1.24 bits per heavy atom. The van der Waals surface area contributed by atoms with E-state index in [2.05, 4.69) is 11.1 Å². The topological polar surface area (TPSA) is 76.6 Å². The van der Waals surface area contributed by atoms with Gasteiger partial charge in [-0.3, -0.25) is 0 Å². The van der Waals surface area contributed by atoms with E-state index in [9.17, 15) is 15.5 Å². The van der Waals surface area contributed by atoms with Crippen LogP contribution in [-0.2, 0) is 12.8 Å². The number of phenolic OH excluding ortho intramolecular Hbond substituents is 2. The minimum Gasteiger partial charge on any atom is -0.508 e. The van der Waals surface area contributed by atoms with Crippen molar-refractivity contribution < 1.29 is 10.2 Å². The van der Waals surface area contributed by atoms with Crippen molar-refractivity contribution in [2.75, 3.05) is 0 Å². The Morgan fingerprint density at radius 3 is 2.81 bits per heavy atom. The van der Waals surface area contributed by atoms with Crippen LogP contribution in [0.5, 0.6) is 11.5 Å². The van der Waals surface area contributed by atoms with E-state index < -0.39 is 0 Å². The molecule has 1 aromatic carbocycles. The second-order valence-corrected chi connectivity index (χ2v) is 6.09. The van der Waals surface area contributed by atoms with Crippen LogP contribution < -0.4 is 0 Å². The molecular weight excluding hydrogens is 284 g/mol. The standard InChI is InChI=1S/C16H14N2O2S/c17-8-13-12-3-1-2-4-15(12)21-16(13)18-9-10-5-6-11(19)7-14(10)20/h5-7,9,19-20H,1-4H2/b18-9-. The predicted molar refractivity (Wildman–Crippen MR) is 82.7 cm³/mol. The van der Waals surface area contributed by atoms with Crippen molar-refractivity contribution in [2.45, 2.75) is 25.7 Å². The van der Waals surface area contributed by atoms with Gasteiger partial charge in [-0.2, -0.15) is 5.26 Å². The van der Waals surface area contributed by atoms with E-state index in [0.717, 1.165) is 24.8 Å². The van der Waals surface area contributed by atoms with Gasteiger partial charge in [0.1, 0.15) is 22.6 Å². The number of hydrogen-bond acceptors (Lipinski definition) is 5. The van der Waals surface area contributed by atoms with Crippen molar-refractivity contribution in [2.24, 2.45) is 4.99 Å². The molecule has 3 rings (SSSR count). The van der Waals surface area contributed by atoms with Crippen LogP contribution in [0, 0.1) is 11.3 Å². The Bertz CT molecular complexity index is 756. The minimum atomic E-state index is -0.0291. The van der Waals surface area contributed by atoms with Crippen LogP contribution in [0.4, 0.5) is 5.00 Å². The number of nitriles is 1. The number of benzene rings is 1. The lowest BCUT2D eigenvalue weighted by molar-refractivity contribution is 0.450. The first-order chi connectivity index (χ1) is 10.2. The van der Waals surface area contributed by atoms with Crippen molar-refractivity contribution >= 4 is 22.6 Å². The molecule has 1 aromatic heterocycles. The number of thiophene rings is 1. The highest BCUT2D eigenvalue weighted by atomic mass is 32.1. The van der Waals surface area contributed by atoms with E-state index in [1.807, 2.05) is 0 Å². The second-order valence-electron chi connectivity index (χ2n) is 5.00. The van der Waals surface area contributed by atoms with Gasteiger partial charge in [0.2, 0.25) is 0 Å². The van der Waals surface area contributed by atoms with Crippen molar-refractivity contribution in [3.63, 3.8) is 0 Å². The summed E-state index contributed by atoms with van der Waals surface area (Å²) in [6.45, 7) is 0. The van der Waals surface area contributed by atoms with Crippen LogP contribution in [0.1, 0.15) is 34.4 Å². The molecule has 0 fully saturated rings. The zero-order valence-corrected chi connectivity index (χ0v) is 12.2. The lowest BCUT2D eigenvalue weighted by Gasteiger charge is -2.09. The zero-order valence-electron chi connectivity index (χ0n) is 11.3. The maximum absolute atomic E-state index is 9.75. The smallest absolute Gasteiger partial charge is 0.134 e. The zero-order chi connectivity index (χ0) is 14.8. The van der Waals surface area contributed by atoms with Crippen molar-refractivity contribution in [1.29, 1.82) is 5.26 Å². The van der Waals surface area contributed by atoms with E-state index in [1.54, 1.807) is 17.4 Å². The third kappa shape index (κ3) is 2.63. The fourth-order valence-corrected chi connectivity index (χ4v) is 3.71. The van der Waals surface area contributed by atoms with Crippen LogP contribution in [0.15, 0.2) is 23.2 Å². The Hall–Kier alpha value is -2.32. The molecule has 0 amide bonds. The van der Waals surface area contributed by atoms with Crippen molar-refractivity contribution in [1.82, 2.24) is 0 Å². The quantitative estimate of drug-likeness (QED) is 0.831. The molecule has 4 nitrogen and oxygen atoms in total. The maximum atomic E-state index is 9.75. The lowest BCUT2D eigenvalue weighted by atomic mass is 9.96. The number of aliphatic imine (C=N–C) groups is 1. The summed E-state index contributed by atoms with van der Waals surface area (Å²) < 4.78 is 0. The summed E-state index contributed by atoms with van der Waals surface area (Å²) in [6, 6.07) is 6.61. The summed E-state index contributed by atoms with van der Waals surface area (Å²) in [4.78, 5) is 5.64. The fraction of sp³-hybridized carbons (Fsp3) is 0.250. The van der Waals surface area contributed by atoms with E-state index in [4.69, 9.17) is 0 Å². The van der Waals surface area contributed by atoms with Gasteiger partial charge in [0, 0.05) is 22.7 Å². The largest absolute Gasteiger partial charge is 0.508 e. The molecule has 0 radical (unpaired) electrons. The van der Waals surface area contributed by atoms with E-state index in [-0.39, 0.29) is 11.5 Å². The molecule has 106 valence electrons. The number of aryl methyl sites for hydroxylation is 1. The van der Waals surface area contributed by atoms with Gasteiger partial charge in [-0.1, -0.05) is 0 Å². The van der Waals surface area contributed by atoms with Gasteiger partial charge < -0.3 is 10.2 Å². The van der Waals surface area contributed by atoms with E-state index in [0.29, 0.717) is 16.1 Å². The van der Waals surface area contributed by atoms with Crippen LogP contribution in [-0.4, -0.2) is 16.4 Å². The molecule has 0 saturated carbocycles. The summed E-state index contributed by atoms with van der Waals surface area (Å²) in [5.74, 6) is -0.0208. The van der Waals surface area contributed by atoms with Crippen LogP contribution in [0.25, 0.3) is 0 Å². The van der Waals surface area contributed by atoms with Gasteiger partial charge in [-0.05, 0) is 43.4 Å². The summed E-state index contributed by atoms with van der Waals surface area (Å²) >= 11 is 1.56. The number of hydrogen-bond donors (Lipinski definition) is 2. The molecular formula is C16H14N2O2S. The molecule has 1 aliphatic carbocycles. The number of rotatable bonds is 2. The fourth-order valence-electron chi connectivity index (χ4n) is 2.53. The average Bonchev–Trinajstić information content (AvgIpc) is 2.83. The summed E-state index contributed by atoms with van der Waals surface area (Å²) in [5, 5.41) is 29.1. The minimum absolute atomic E-state index is 0.00829. The maximum Gasteiger partial charge on any atom is 0.134 e. The average molecular weight is 298 g/mol. The first-order valence-corrected chi connectivity index (χ1v) is 7.61. The molecule has 2 N–H and O–H groups in total. The molecule has 0 bridgehead atoms. The molecule has 5 heteroatoms. The van der Waals surface area contributed by atoms with E-state index >= 15 is 0 Å². The molecule has 21 heavy (non-hydrogen) atoms. The first kappa shape index (κ1) is 13.7. The molecule has 0 aliphatic heterocycles. The normalized spacial score (nSPS) is 14.0. The molecule has 1 heterocycles. The highest BCUT2D eigenvalue weighted by Crippen LogP contribution is 2.39. The Balaban J connectivity index is 1.96. The molecule has 0 atom stereocenters. The number of nitrogens with zero attached hydrogens (tertiary/aromatic N) is 2. The summed E-state index contributed by atoms with van der Waals surface area (Å²) in [5.41, 5.74) is 2.34. The number of fused-ring (bicyclic) bond motifs is 1. The van der Waals surface area contributed by atoms with Crippen molar-refractivity contribution in [3.8, 4) is 17.6 Å². The summed E-state index contributed by atoms with van der Waals surface area (Å²) in [7, 11) is 0. The van der Waals surface area contributed by atoms with Gasteiger partial charge in [-0.15, -0.1) is 11.3 Å². The first-order valence-electron chi connectivity index (χ1n) is 6.79. The highest BCUT2D eigenvalue weighted by molar-refractivity contribution is 7.16. The van der Waals surface area contributed by atoms with Gasteiger partial charge in [0.05, 0.1) is 5.56 Å². The Kier molecular flexibility index (Phi) is 3.63. The van der Waals surface area contributed by atoms with Gasteiger partial charge in [0.15, 0.2) is 0 Å². The Labute approximate surface area is 126 Å². The highest BCUT2D eigenvalue weighted by Gasteiger charge is 2.20. The molecule has 0 spiro atoms. The second kappa shape index (κ2) is 5.58.